The predicted molar refractivity (Wildman–Crippen MR) is 141 cm³/mol. The van der Waals surface area contributed by atoms with Crippen LogP contribution in [0.2, 0.25) is 0 Å². The van der Waals surface area contributed by atoms with Crippen LogP contribution < -0.4 is 0 Å². The van der Waals surface area contributed by atoms with Crippen LogP contribution in [0, 0.1) is 0 Å². The van der Waals surface area contributed by atoms with Crippen molar-refractivity contribution in [1.82, 2.24) is 4.57 Å². The van der Waals surface area contributed by atoms with Gasteiger partial charge in [-0.1, -0.05) is 97.1 Å². The second-order valence-corrected chi connectivity index (χ2v) is 8.89. The highest BCUT2D eigenvalue weighted by molar-refractivity contribution is 6.24. The van der Waals surface area contributed by atoms with E-state index >= 15 is 0 Å². The Morgan fingerprint density at radius 3 is 1.97 bits per heavy atom. The highest BCUT2D eigenvalue weighted by Gasteiger charge is 2.23. The predicted octanol–water partition coefficient (Wildman–Crippen LogP) is 8.42. The minimum atomic E-state index is 1.04. The van der Waals surface area contributed by atoms with Gasteiger partial charge in [0, 0.05) is 16.5 Å². The van der Waals surface area contributed by atoms with E-state index in [0.29, 0.717) is 0 Å². The summed E-state index contributed by atoms with van der Waals surface area (Å²) in [4.78, 5) is 0. The molecule has 0 aliphatic heterocycles. The van der Waals surface area contributed by atoms with E-state index in [4.69, 9.17) is 0 Å². The van der Waals surface area contributed by atoms with Gasteiger partial charge in [-0.25, -0.2) is 0 Å². The van der Waals surface area contributed by atoms with Crippen molar-refractivity contribution in [2.45, 2.75) is 12.8 Å². The van der Waals surface area contributed by atoms with Crippen LogP contribution in [0.3, 0.4) is 0 Å². The Hall–Kier alpha value is -4.10. The minimum Gasteiger partial charge on any atom is -0.309 e. The number of hydrogen-bond donors (Lipinski definition) is 0. The van der Waals surface area contributed by atoms with Crippen LogP contribution in [0.4, 0.5) is 0 Å². The first-order valence-corrected chi connectivity index (χ1v) is 11.7. The van der Waals surface area contributed by atoms with Gasteiger partial charge in [0.2, 0.25) is 0 Å². The summed E-state index contributed by atoms with van der Waals surface area (Å²) >= 11 is 0. The quantitative estimate of drug-likeness (QED) is 0.264. The molecule has 0 saturated heterocycles. The fourth-order valence-electron chi connectivity index (χ4n) is 5.67. The fraction of sp³-hybridized carbons (Fsp3) is 0.0625. The monoisotopic (exact) mass is 421 g/mol. The van der Waals surface area contributed by atoms with Crippen LogP contribution >= 0.6 is 0 Å². The Morgan fingerprint density at radius 2 is 1.18 bits per heavy atom. The van der Waals surface area contributed by atoms with E-state index in [1.54, 1.807) is 0 Å². The third-order valence-corrected chi connectivity index (χ3v) is 7.09. The first-order chi connectivity index (χ1) is 16.4. The van der Waals surface area contributed by atoms with Crippen LogP contribution in [-0.4, -0.2) is 4.57 Å². The summed E-state index contributed by atoms with van der Waals surface area (Å²) in [6, 6.07) is 39.5. The highest BCUT2D eigenvalue weighted by atomic mass is 15.0. The average molecular weight is 422 g/mol. The van der Waals surface area contributed by atoms with Gasteiger partial charge in [-0.05, 0) is 64.1 Å². The average Bonchev–Trinajstić information content (AvgIpc) is 3.25. The van der Waals surface area contributed by atoms with E-state index < -0.39 is 0 Å². The van der Waals surface area contributed by atoms with Gasteiger partial charge in [0.1, 0.15) is 0 Å². The van der Waals surface area contributed by atoms with E-state index in [-0.39, 0.29) is 0 Å². The number of rotatable bonds is 2. The molecule has 1 heterocycles. The van der Waals surface area contributed by atoms with Gasteiger partial charge in [0.05, 0.1) is 11.0 Å². The number of nitrogens with zero attached hydrogens (tertiary/aromatic N) is 1. The molecule has 1 heteroatoms. The van der Waals surface area contributed by atoms with Crippen molar-refractivity contribution in [3.8, 4) is 5.69 Å². The minimum absolute atomic E-state index is 1.04. The summed E-state index contributed by atoms with van der Waals surface area (Å²) in [6.07, 6.45) is 4.55. The summed E-state index contributed by atoms with van der Waals surface area (Å²) in [5, 5.41) is 5.39. The Morgan fingerprint density at radius 1 is 0.545 bits per heavy atom. The number of aryl methyl sites for hydroxylation is 1. The van der Waals surface area contributed by atoms with E-state index in [0.717, 1.165) is 12.8 Å². The van der Waals surface area contributed by atoms with Crippen molar-refractivity contribution >= 4 is 44.2 Å². The molecule has 1 aliphatic carbocycles. The number of benzene rings is 5. The maximum Gasteiger partial charge on any atom is 0.0585 e. The number of allylic oxidation sites excluding steroid dienone is 1. The third kappa shape index (κ3) is 2.72. The van der Waals surface area contributed by atoms with Crippen LogP contribution in [0.1, 0.15) is 23.1 Å². The molecule has 5 aromatic carbocycles. The Kier molecular flexibility index (Phi) is 4.04. The fourth-order valence-corrected chi connectivity index (χ4v) is 5.67. The molecule has 0 radical (unpaired) electrons. The van der Waals surface area contributed by atoms with Crippen molar-refractivity contribution in [2.75, 3.05) is 0 Å². The van der Waals surface area contributed by atoms with Gasteiger partial charge >= 0.3 is 0 Å². The SMILES string of the molecule is C1=C(c2ccccc2)CCc2c1c1ccccc1c1c3ccccc3n(-c3ccccc3)c21. The molecule has 0 unspecified atom stereocenters. The zero-order chi connectivity index (χ0) is 21.8. The Labute approximate surface area is 193 Å². The molecule has 156 valence electrons. The molecule has 0 bridgehead atoms. The molecule has 7 rings (SSSR count). The topological polar surface area (TPSA) is 4.93 Å². The van der Waals surface area contributed by atoms with E-state index in [2.05, 4.69) is 120 Å². The summed E-state index contributed by atoms with van der Waals surface area (Å²) in [7, 11) is 0. The highest BCUT2D eigenvalue weighted by Crippen LogP contribution is 2.44. The first-order valence-electron chi connectivity index (χ1n) is 11.7. The molecule has 33 heavy (non-hydrogen) atoms. The van der Waals surface area contributed by atoms with Gasteiger partial charge in [-0.3, -0.25) is 0 Å². The van der Waals surface area contributed by atoms with Gasteiger partial charge in [-0.2, -0.15) is 0 Å². The molecule has 0 spiro atoms. The normalized spacial score (nSPS) is 13.4. The van der Waals surface area contributed by atoms with Crippen molar-refractivity contribution < 1.29 is 0 Å². The molecule has 0 fully saturated rings. The lowest BCUT2D eigenvalue weighted by molar-refractivity contribution is 1.00. The third-order valence-electron chi connectivity index (χ3n) is 7.09. The van der Waals surface area contributed by atoms with Gasteiger partial charge in [0.15, 0.2) is 0 Å². The summed E-state index contributed by atoms with van der Waals surface area (Å²) in [6.45, 7) is 0. The molecule has 1 nitrogen and oxygen atoms in total. The van der Waals surface area contributed by atoms with E-state index in [1.165, 1.54) is 60.5 Å². The maximum atomic E-state index is 2.48. The lowest BCUT2D eigenvalue weighted by Crippen LogP contribution is -2.04. The van der Waals surface area contributed by atoms with Gasteiger partial charge in [0.25, 0.3) is 0 Å². The number of para-hydroxylation sites is 2. The van der Waals surface area contributed by atoms with Crippen LogP contribution in [0.25, 0.3) is 49.9 Å². The second-order valence-electron chi connectivity index (χ2n) is 8.89. The maximum absolute atomic E-state index is 2.48. The number of fused-ring (bicyclic) bond motifs is 8. The molecule has 0 saturated carbocycles. The molecule has 1 aromatic heterocycles. The standard InChI is InChI=1S/C32H23N/c1-3-11-22(12-4-1)23-19-20-27-29(21-23)25-15-7-8-16-26(25)31-28-17-9-10-18-30(28)33(32(27)31)24-13-5-2-6-14-24/h1-18,21H,19-20H2. The van der Waals surface area contributed by atoms with Gasteiger partial charge < -0.3 is 4.57 Å². The summed E-state index contributed by atoms with van der Waals surface area (Å²) in [5.74, 6) is 0. The summed E-state index contributed by atoms with van der Waals surface area (Å²) in [5.41, 5.74) is 9.45. The smallest absolute Gasteiger partial charge is 0.0585 e. The molecule has 1 aliphatic rings. The largest absolute Gasteiger partial charge is 0.309 e. The van der Waals surface area contributed by atoms with Crippen molar-refractivity contribution in [3.05, 3.63) is 126 Å². The summed E-state index contributed by atoms with van der Waals surface area (Å²) < 4.78 is 2.48. The number of aromatic nitrogens is 1. The second kappa shape index (κ2) is 7.21. The molecular weight excluding hydrogens is 398 g/mol. The van der Waals surface area contributed by atoms with Crippen LogP contribution in [0.15, 0.2) is 109 Å². The van der Waals surface area contributed by atoms with Crippen molar-refractivity contribution in [1.29, 1.82) is 0 Å². The lowest BCUT2D eigenvalue weighted by atomic mass is 9.84. The van der Waals surface area contributed by atoms with E-state index in [9.17, 15) is 0 Å². The van der Waals surface area contributed by atoms with Crippen LogP contribution in [-0.2, 0) is 6.42 Å². The molecule has 0 amide bonds. The van der Waals surface area contributed by atoms with Crippen molar-refractivity contribution in [2.24, 2.45) is 0 Å². The molecule has 0 N–H and O–H groups in total. The van der Waals surface area contributed by atoms with Gasteiger partial charge in [-0.15, -0.1) is 0 Å². The lowest BCUT2D eigenvalue weighted by Gasteiger charge is -2.22. The number of hydrogen-bond acceptors (Lipinski definition) is 0. The molecule has 6 aromatic rings. The zero-order valence-electron chi connectivity index (χ0n) is 18.3. The van der Waals surface area contributed by atoms with Crippen LogP contribution in [0.5, 0.6) is 0 Å². The molecule has 0 atom stereocenters. The van der Waals surface area contributed by atoms with Crippen molar-refractivity contribution in [3.63, 3.8) is 0 Å². The Bertz CT molecular complexity index is 1690. The first kappa shape index (κ1) is 18.5. The molecular formula is C32H23N. The Balaban J connectivity index is 1.68. The van der Waals surface area contributed by atoms with E-state index in [1.807, 2.05) is 0 Å². The zero-order valence-corrected chi connectivity index (χ0v) is 18.3.